The Morgan fingerprint density at radius 1 is 1.35 bits per heavy atom. The van der Waals surface area contributed by atoms with Crippen molar-refractivity contribution >= 4 is 15.7 Å². The lowest BCUT2D eigenvalue weighted by atomic mass is 10.1. The highest BCUT2D eigenvalue weighted by molar-refractivity contribution is 7.92. The van der Waals surface area contributed by atoms with Crippen LogP contribution in [0.3, 0.4) is 0 Å². The second kappa shape index (κ2) is 4.56. The normalized spacial score (nSPS) is 15.6. The van der Waals surface area contributed by atoms with Gasteiger partial charge >= 0.3 is 0 Å². The van der Waals surface area contributed by atoms with Crippen LogP contribution in [-0.2, 0) is 16.4 Å². The number of hydrogen-bond donors (Lipinski definition) is 1. The predicted molar refractivity (Wildman–Crippen MR) is 67.9 cm³/mol. The number of ether oxygens (including phenoxy) is 1. The Kier molecular flexibility index (Phi) is 3.28. The molecule has 5 heteroatoms. The van der Waals surface area contributed by atoms with Gasteiger partial charge in [0, 0.05) is 6.07 Å². The maximum atomic E-state index is 11.2. The molecule has 1 aromatic carbocycles. The van der Waals surface area contributed by atoms with Gasteiger partial charge in [-0.15, -0.1) is 0 Å². The van der Waals surface area contributed by atoms with Crippen LogP contribution in [0.2, 0.25) is 0 Å². The lowest BCUT2D eigenvalue weighted by Crippen LogP contribution is -2.10. The summed E-state index contributed by atoms with van der Waals surface area (Å²) in [5.41, 5.74) is 1.64. The van der Waals surface area contributed by atoms with Crippen LogP contribution in [-0.4, -0.2) is 20.8 Å². The number of nitrogens with one attached hydrogen (secondary N) is 1. The van der Waals surface area contributed by atoms with E-state index in [-0.39, 0.29) is 0 Å². The fraction of sp³-hybridized carbons (Fsp3) is 0.500. The van der Waals surface area contributed by atoms with Crippen molar-refractivity contribution in [1.29, 1.82) is 0 Å². The zero-order chi connectivity index (χ0) is 12.5. The number of aryl methyl sites for hydroxylation is 1. The van der Waals surface area contributed by atoms with Crippen molar-refractivity contribution in [2.24, 2.45) is 0 Å². The first-order chi connectivity index (χ1) is 7.96. The summed E-state index contributed by atoms with van der Waals surface area (Å²) in [5, 5.41) is 0. The first kappa shape index (κ1) is 12.2. The van der Waals surface area contributed by atoms with Crippen molar-refractivity contribution in [3.8, 4) is 5.75 Å². The minimum Gasteiger partial charge on any atom is -0.490 e. The summed E-state index contributed by atoms with van der Waals surface area (Å²) < 4.78 is 30.6. The molecule has 0 saturated heterocycles. The average Bonchev–Trinajstić information content (AvgIpc) is 2.98. The van der Waals surface area contributed by atoms with Gasteiger partial charge in [0.1, 0.15) is 5.75 Å². The molecular weight excluding hydrogens is 238 g/mol. The molecule has 0 bridgehead atoms. The van der Waals surface area contributed by atoms with Crippen LogP contribution in [0.25, 0.3) is 0 Å². The van der Waals surface area contributed by atoms with Gasteiger partial charge < -0.3 is 4.74 Å². The fourth-order valence-corrected chi connectivity index (χ4v) is 2.13. The van der Waals surface area contributed by atoms with E-state index < -0.39 is 10.0 Å². The highest BCUT2D eigenvalue weighted by atomic mass is 32.2. The van der Waals surface area contributed by atoms with E-state index in [0.29, 0.717) is 11.8 Å². The summed E-state index contributed by atoms with van der Waals surface area (Å²) >= 11 is 0. The maximum Gasteiger partial charge on any atom is 0.229 e. The van der Waals surface area contributed by atoms with Crippen LogP contribution in [0.5, 0.6) is 5.75 Å². The molecule has 1 N–H and O–H groups in total. The molecule has 1 fully saturated rings. The second-order valence-electron chi connectivity index (χ2n) is 4.41. The van der Waals surface area contributed by atoms with Gasteiger partial charge in [-0.05, 0) is 37.0 Å². The van der Waals surface area contributed by atoms with Crippen molar-refractivity contribution in [3.05, 3.63) is 23.8 Å². The molecule has 1 aromatic rings. The maximum absolute atomic E-state index is 11.2. The van der Waals surface area contributed by atoms with Gasteiger partial charge in [-0.3, -0.25) is 4.72 Å². The summed E-state index contributed by atoms with van der Waals surface area (Å²) in [7, 11) is -3.24. The zero-order valence-corrected chi connectivity index (χ0v) is 10.9. The molecule has 0 aliphatic heterocycles. The number of benzene rings is 1. The SMILES string of the molecule is CCc1cc(NS(C)(=O)=O)cc(OC2CC2)c1. The molecule has 1 aliphatic carbocycles. The van der Waals surface area contributed by atoms with E-state index in [1.807, 2.05) is 19.1 Å². The Morgan fingerprint density at radius 2 is 2.06 bits per heavy atom. The Hall–Kier alpha value is -1.23. The molecule has 94 valence electrons. The van der Waals surface area contributed by atoms with Gasteiger partial charge in [0.15, 0.2) is 0 Å². The predicted octanol–water partition coefficient (Wildman–Crippen LogP) is 2.16. The lowest BCUT2D eigenvalue weighted by molar-refractivity contribution is 0.303. The number of sulfonamides is 1. The van der Waals surface area contributed by atoms with Gasteiger partial charge in [-0.25, -0.2) is 8.42 Å². The van der Waals surface area contributed by atoms with E-state index in [4.69, 9.17) is 4.74 Å². The Bertz CT molecular complexity index is 506. The summed E-state index contributed by atoms with van der Waals surface area (Å²) in [6, 6.07) is 5.53. The number of anilines is 1. The Labute approximate surface area is 102 Å². The third-order valence-electron chi connectivity index (χ3n) is 2.50. The van der Waals surface area contributed by atoms with E-state index in [2.05, 4.69) is 4.72 Å². The van der Waals surface area contributed by atoms with Crippen LogP contribution in [0.15, 0.2) is 18.2 Å². The molecule has 17 heavy (non-hydrogen) atoms. The molecule has 0 heterocycles. The van der Waals surface area contributed by atoms with E-state index in [0.717, 1.165) is 36.8 Å². The first-order valence-corrected chi connectivity index (χ1v) is 7.64. The average molecular weight is 255 g/mol. The van der Waals surface area contributed by atoms with Crippen molar-refractivity contribution in [2.75, 3.05) is 11.0 Å². The highest BCUT2D eigenvalue weighted by Gasteiger charge is 2.23. The first-order valence-electron chi connectivity index (χ1n) is 5.74. The molecule has 1 saturated carbocycles. The largest absolute Gasteiger partial charge is 0.490 e. The van der Waals surface area contributed by atoms with E-state index in [1.54, 1.807) is 6.07 Å². The van der Waals surface area contributed by atoms with Gasteiger partial charge in [-0.1, -0.05) is 6.92 Å². The van der Waals surface area contributed by atoms with Gasteiger partial charge in [0.05, 0.1) is 18.0 Å². The van der Waals surface area contributed by atoms with Crippen LogP contribution >= 0.6 is 0 Å². The van der Waals surface area contributed by atoms with Crippen molar-refractivity contribution in [2.45, 2.75) is 32.3 Å². The van der Waals surface area contributed by atoms with Crippen LogP contribution in [0.4, 0.5) is 5.69 Å². The minimum atomic E-state index is -3.24. The number of rotatable bonds is 5. The Morgan fingerprint density at radius 3 is 2.59 bits per heavy atom. The lowest BCUT2D eigenvalue weighted by Gasteiger charge is -2.10. The molecule has 0 atom stereocenters. The second-order valence-corrected chi connectivity index (χ2v) is 6.16. The quantitative estimate of drug-likeness (QED) is 0.877. The third kappa shape index (κ3) is 3.93. The van der Waals surface area contributed by atoms with Gasteiger partial charge in [-0.2, -0.15) is 0 Å². The fourth-order valence-electron chi connectivity index (χ4n) is 1.58. The molecule has 0 radical (unpaired) electrons. The third-order valence-corrected chi connectivity index (χ3v) is 3.11. The summed E-state index contributed by atoms with van der Waals surface area (Å²) in [6.45, 7) is 2.03. The monoisotopic (exact) mass is 255 g/mol. The van der Waals surface area contributed by atoms with E-state index >= 15 is 0 Å². The summed E-state index contributed by atoms with van der Waals surface area (Å²) in [5.74, 6) is 0.748. The minimum absolute atomic E-state index is 0.313. The molecular formula is C12H17NO3S. The van der Waals surface area contributed by atoms with E-state index in [9.17, 15) is 8.42 Å². The zero-order valence-electron chi connectivity index (χ0n) is 10.1. The standard InChI is InChI=1S/C12H17NO3S/c1-3-9-6-10(13-17(2,14)15)8-12(7-9)16-11-4-5-11/h6-8,11,13H,3-5H2,1-2H3. The molecule has 0 amide bonds. The van der Waals surface area contributed by atoms with Crippen LogP contribution in [0.1, 0.15) is 25.3 Å². The Balaban J connectivity index is 2.24. The van der Waals surface area contributed by atoms with Crippen molar-refractivity contribution in [3.63, 3.8) is 0 Å². The smallest absolute Gasteiger partial charge is 0.229 e. The molecule has 0 spiro atoms. The molecule has 2 rings (SSSR count). The van der Waals surface area contributed by atoms with Gasteiger partial charge in [0.25, 0.3) is 0 Å². The topological polar surface area (TPSA) is 55.4 Å². The van der Waals surface area contributed by atoms with Gasteiger partial charge in [0.2, 0.25) is 10.0 Å². The molecule has 1 aliphatic rings. The molecule has 4 nitrogen and oxygen atoms in total. The van der Waals surface area contributed by atoms with Crippen LogP contribution in [0, 0.1) is 0 Å². The van der Waals surface area contributed by atoms with Crippen molar-refractivity contribution in [1.82, 2.24) is 0 Å². The highest BCUT2D eigenvalue weighted by Crippen LogP contribution is 2.29. The molecule has 0 aromatic heterocycles. The molecule has 0 unspecified atom stereocenters. The number of hydrogen-bond acceptors (Lipinski definition) is 3. The van der Waals surface area contributed by atoms with Crippen LogP contribution < -0.4 is 9.46 Å². The van der Waals surface area contributed by atoms with E-state index in [1.165, 1.54) is 0 Å². The van der Waals surface area contributed by atoms with Crippen molar-refractivity contribution < 1.29 is 13.2 Å². The summed E-state index contributed by atoms with van der Waals surface area (Å²) in [6.07, 6.45) is 4.48. The summed E-state index contributed by atoms with van der Waals surface area (Å²) in [4.78, 5) is 0.